The zero-order valence-electron chi connectivity index (χ0n) is 15.1. The third-order valence-electron chi connectivity index (χ3n) is 4.08. The number of rotatable bonds is 7. The fourth-order valence-electron chi connectivity index (χ4n) is 2.70. The summed E-state index contributed by atoms with van der Waals surface area (Å²) in [4.78, 5) is 32.1. The second-order valence-corrected chi connectivity index (χ2v) is 6.06. The van der Waals surface area contributed by atoms with Crippen LogP contribution in [0, 0.1) is 0 Å². The Morgan fingerprint density at radius 1 is 1.26 bits per heavy atom. The Balaban J connectivity index is 1.59. The molecule has 1 aliphatic heterocycles. The van der Waals surface area contributed by atoms with E-state index in [0.29, 0.717) is 24.5 Å². The van der Waals surface area contributed by atoms with E-state index in [0.717, 1.165) is 25.1 Å². The maximum atomic E-state index is 12.3. The van der Waals surface area contributed by atoms with Gasteiger partial charge in [-0.15, -0.1) is 0 Å². The summed E-state index contributed by atoms with van der Waals surface area (Å²) in [5.41, 5.74) is 1.47. The molecule has 0 bridgehead atoms. The first-order valence-electron chi connectivity index (χ1n) is 8.91. The van der Waals surface area contributed by atoms with Gasteiger partial charge in [-0.25, -0.2) is 14.8 Å². The minimum atomic E-state index is -0.365. The van der Waals surface area contributed by atoms with Crippen molar-refractivity contribution >= 4 is 23.4 Å². The van der Waals surface area contributed by atoms with Crippen LogP contribution in [0.4, 0.5) is 11.5 Å². The van der Waals surface area contributed by atoms with Gasteiger partial charge in [-0.1, -0.05) is 0 Å². The molecule has 1 aromatic carbocycles. The van der Waals surface area contributed by atoms with Crippen LogP contribution in [0.2, 0.25) is 0 Å². The van der Waals surface area contributed by atoms with Crippen LogP contribution < -0.4 is 10.6 Å². The van der Waals surface area contributed by atoms with Crippen LogP contribution in [0.1, 0.15) is 40.6 Å². The number of amides is 1. The van der Waals surface area contributed by atoms with Gasteiger partial charge in [0, 0.05) is 24.9 Å². The largest absolute Gasteiger partial charge is 0.462 e. The van der Waals surface area contributed by atoms with Gasteiger partial charge in [0.1, 0.15) is 17.8 Å². The zero-order valence-corrected chi connectivity index (χ0v) is 15.1. The lowest BCUT2D eigenvalue weighted by molar-refractivity contribution is 0.0526. The molecule has 2 aromatic rings. The number of hydrogen-bond donors (Lipinski definition) is 2. The van der Waals surface area contributed by atoms with E-state index >= 15 is 0 Å². The van der Waals surface area contributed by atoms with E-state index in [1.807, 2.05) is 0 Å². The van der Waals surface area contributed by atoms with Crippen molar-refractivity contribution in [1.82, 2.24) is 15.3 Å². The monoisotopic (exact) mass is 370 g/mol. The molecule has 0 saturated carbocycles. The molecular formula is C19H22N4O4. The van der Waals surface area contributed by atoms with Crippen molar-refractivity contribution in [2.24, 2.45) is 0 Å². The van der Waals surface area contributed by atoms with Crippen molar-refractivity contribution < 1.29 is 19.1 Å². The number of nitrogens with one attached hydrogen (secondary N) is 2. The van der Waals surface area contributed by atoms with E-state index in [9.17, 15) is 9.59 Å². The van der Waals surface area contributed by atoms with E-state index in [1.54, 1.807) is 37.3 Å². The highest BCUT2D eigenvalue weighted by molar-refractivity contribution is 5.93. The summed E-state index contributed by atoms with van der Waals surface area (Å²) in [7, 11) is 0. The SMILES string of the molecule is CCOC(=O)c1ccc(Nc2cc(C(=O)NCC3CCCO3)ncn2)cc1. The minimum Gasteiger partial charge on any atom is -0.462 e. The van der Waals surface area contributed by atoms with Crippen molar-refractivity contribution in [2.45, 2.75) is 25.9 Å². The maximum absolute atomic E-state index is 12.3. The van der Waals surface area contributed by atoms with E-state index in [2.05, 4.69) is 20.6 Å². The lowest BCUT2D eigenvalue weighted by Gasteiger charge is -2.11. The predicted octanol–water partition coefficient (Wildman–Crippen LogP) is 2.31. The van der Waals surface area contributed by atoms with E-state index in [4.69, 9.17) is 9.47 Å². The smallest absolute Gasteiger partial charge is 0.338 e. The standard InChI is InChI=1S/C19H22N4O4/c1-2-26-19(25)13-5-7-14(8-6-13)23-17-10-16(21-12-22-17)18(24)20-11-15-4-3-9-27-15/h5-8,10,12,15H,2-4,9,11H2,1H3,(H,20,24)(H,21,22,23). The number of esters is 1. The van der Waals surface area contributed by atoms with E-state index < -0.39 is 0 Å². The molecule has 142 valence electrons. The van der Waals surface area contributed by atoms with Gasteiger partial charge >= 0.3 is 5.97 Å². The number of anilines is 2. The molecule has 2 heterocycles. The number of carbonyl (C=O) groups excluding carboxylic acids is 2. The summed E-state index contributed by atoms with van der Waals surface area (Å²) < 4.78 is 10.4. The Morgan fingerprint density at radius 2 is 2.07 bits per heavy atom. The van der Waals surface area contributed by atoms with Gasteiger partial charge < -0.3 is 20.1 Å². The summed E-state index contributed by atoms with van der Waals surface area (Å²) in [6, 6.07) is 8.38. The second kappa shape index (κ2) is 9.09. The molecule has 8 nitrogen and oxygen atoms in total. The number of aromatic nitrogens is 2. The Bertz CT molecular complexity index is 789. The van der Waals surface area contributed by atoms with Crippen LogP contribution >= 0.6 is 0 Å². The third kappa shape index (κ3) is 5.24. The van der Waals surface area contributed by atoms with Crippen LogP contribution in [-0.2, 0) is 9.47 Å². The van der Waals surface area contributed by atoms with Gasteiger partial charge in [0.2, 0.25) is 0 Å². The van der Waals surface area contributed by atoms with Gasteiger partial charge in [-0.05, 0) is 44.0 Å². The lowest BCUT2D eigenvalue weighted by atomic mass is 10.2. The van der Waals surface area contributed by atoms with Crippen molar-refractivity contribution in [1.29, 1.82) is 0 Å². The number of benzene rings is 1. The Morgan fingerprint density at radius 3 is 2.78 bits per heavy atom. The van der Waals surface area contributed by atoms with Gasteiger partial charge in [0.05, 0.1) is 18.3 Å². The van der Waals surface area contributed by atoms with E-state index in [-0.39, 0.29) is 23.7 Å². The minimum absolute atomic E-state index is 0.0753. The summed E-state index contributed by atoms with van der Waals surface area (Å²) in [6.07, 6.45) is 3.39. The quantitative estimate of drug-likeness (QED) is 0.721. The van der Waals surface area contributed by atoms with Gasteiger partial charge in [0.15, 0.2) is 0 Å². The summed E-state index contributed by atoms with van der Waals surface area (Å²) in [6.45, 7) is 3.31. The highest BCUT2D eigenvalue weighted by Crippen LogP contribution is 2.16. The predicted molar refractivity (Wildman–Crippen MR) is 99.0 cm³/mol. The highest BCUT2D eigenvalue weighted by atomic mass is 16.5. The molecule has 1 saturated heterocycles. The molecule has 1 unspecified atom stereocenters. The average molecular weight is 370 g/mol. The van der Waals surface area contributed by atoms with Crippen molar-refractivity contribution in [3.05, 3.63) is 47.9 Å². The van der Waals surface area contributed by atoms with E-state index in [1.165, 1.54) is 6.33 Å². The molecule has 0 aliphatic carbocycles. The molecule has 0 radical (unpaired) electrons. The number of hydrogen-bond acceptors (Lipinski definition) is 7. The molecule has 1 aromatic heterocycles. The third-order valence-corrected chi connectivity index (χ3v) is 4.08. The van der Waals surface area contributed by atoms with Crippen LogP contribution in [-0.4, -0.2) is 47.7 Å². The topological polar surface area (TPSA) is 102 Å². The molecule has 8 heteroatoms. The van der Waals surface area contributed by atoms with Crippen LogP contribution in [0.3, 0.4) is 0 Å². The molecule has 1 fully saturated rings. The lowest BCUT2D eigenvalue weighted by Crippen LogP contribution is -2.32. The Hall–Kier alpha value is -3.00. The number of nitrogens with zero attached hydrogens (tertiary/aromatic N) is 2. The summed E-state index contributed by atoms with van der Waals surface area (Å²) in [5.74, 6) is -0.152. The first-order chi connectivity index (χ1) is 13.2. The number of ether oxygens (including phenoxy) is 2. The molecule has 1 aliphatic rings. The Labute approximate surface area is 157 Å². The van der Waals surface area contributed by atoms with Crippen molar-refractivity contribution in [2.75, 3.05) is 25.1 Å². The average Bonchev–Trinajstić information content (AvgIpc) is 3.21. The Kier molecular flexibility index (Phi) is 6.32. The van der Waals surface area contributed by atoms with Gasteiger partial charge in [0.25, 0.3) is 5.91 Å². The van der Waals surface area contributed by atoms with Crippen molar-refractivity contribution in [3.8, 4) is 0 Å². The summed E-state index contributed by atoms with van der Waals surface area (Å²) in [5, 5.41) is 5.92. The zero-order chi connectivity index (χ0) is 19.1. The van der Waals surface area contributed by atoms with Gasteiger partial charge in [-0.3, -0.25) is 4.79 Å². The fourth-order valence-corrected chi connectivity index (χ4v) is 2.70. The fraction of sp³-hybridized carbons (Fsp3) is 0.368. The summed E-state index contributed by atoms with van der Waals surface area (Å²) >= 11 is 0. The van der Waals surface area contributed by atoms with Crippen LogP contribution in [0.25, 0.3) is 0 Å². The van der Waals surface area contributed by atoms with Crippen LogP contribution in [0.15, 0.2) is 36.7 Å². The molecule has 27 heavy (non-hydrogen) atoms. The molecule has 0 spiro atoms. The van der Waals surface area contributed by atoms with Crippen LogP contribution in [0.5, 0.6) is 0 Å². The molecule has 1 atom stereocenters. The molecular weight excluding hydrogens is 348 g/mol. The normalized spacial score (nSPS) is 16.0. The first-order valence-corrected chi connectivity index (χ1v) is 8.91. The number of carbonyl (C=O) groups is 2. The highest BCUT2D eigenvalue weighted by Gasteiger charge is 2.17. The van der Waals surface area contributed by atoms with Gasteiger partial charge in [-0.2, -0.15) is 0 Å². The first kappa shape index (κ1) is 18.8. The molecule has 1 amide bonds. The van der Waals surface area contributed by atoms with Crippen molar-refractivity contribution in [3.63, 3.8) is 0 Å². The molecule has 3 rings (SSSR count). The molecule has 2 N–H and O–H groups in total. The second-order valence-electron chi connectivity index (χ2n) is 6.06. The maximum Gasteiger partial charge on any atom is 0.338 e.